The van der Waals surface area contributed by atoms with Crippen molar-refractivity contribution in [2.24, 2.45) is 0 Å². The van der Waals surface area contributed by atoms with E-state index in [0.29, 0.717) is 11.1 Å². The molecule has 0 amide bonds. The van der Waals surface area contributed by atoms with E-state index in [0.717, 1.165) is 12.0 Å². The average Bonchev–Trinajstić information content (AvgIpc) is 2.73. The van der Waals surface area contributed by atoms with Crippen molar-refractivity contribution in [3.63, 3.8) is 0 Å². The van der Waals surface area contributed by atoms with Crippen LogP contribution < -0.4 is 0 Å². The van der Waals surface area contributed by atoms with Crippen molar-refractivity contribution < 1.29 is 30.6 Å². The summed E-state index contributed by atoms with van der Waals surface area (Å²) in [5, 5.41) is 65.0. The SMILES string of the molecule is CCc1ccc(C2[C@]3(O)C(O)C(c4ccccc4)[C@]3(O)[C@]2(O)[C@H](O)CO)cc1. The van der Waals surface area contributed by atoms with E-state index in [-0.39, 0.29) is 0 Å². The monoisotopic (exact) mass is 386 g/mol. The normalized spacial score (nSPS) is 40.2. The van der Waals surface area contributed by atoms with Gasteiger partial charge in [0.25, 0.3) is 0 Å². The Labute approximate surface area is 163 Å². The number of hydrogen-bond donors (Lipinski definition) is 6. The topological polar surface area (TPSA) is 121 Å². The van der Waals surface area contributed by atoms with E-state index in [2.05, 4.69) is 0 Å². The van der Waals surface area contributed by atoms with Gasteiger partial charge >= 0.3 is 0 Å². The molecule has 0 aromatic heterocycles. The van der Waals surface area contributed by atoms with Crippen LogP contribution in [-0.2, 0) is 6.42 Å². The van der Waals surface area contributed by atoms with Crippen molar-refractivity contribution >= 4 is 0 Å². The lowest BCUT2D eigenvalue weighted by molar-refractivity contribution is -0.459. The number of aryl methyl sites for hydroxylation is 1. The first-order valence-electron chi connectivity index (χ1n) is 9.56. The lowest BCUT2D eigenvalue weighted by Gasteiger charge is -2.80. The molecule has 2 aromatic rings. The molecular formula is C22H26O6. The summed E-state index contributed by atoms with van der Waals surface area (Å²) in [7, 11) is 0. The average molecular weight is 386 g/mol. The van der Waals surface area contributed by atoms with Crippen LogP contribution in [0.3, 0.4) is 0 Å². The van der Waals surface area contributed by atoms with Crippen LogP contribution in [0.15, 0.2) is 54.6 Å². The van der Waals surface area contributed by atoms with Crippen LogP contribution in [0.2, 0.25) is 0 Å². The predicted molar refractivity (Wildman–Crippen MR) is 102 cm³/mol. The van der Waals surface area contributed by atoms with Crippen LogP contribution in [0.25, 0.3) is 0 Å². The molecule has 2 fully saturated rings. The van der Waals surface area contributed by atoms with Crippen LogP contribution in [-0.4, -0.2) is 66.3 Å². The molecule has 2 aliphatic carbocycles. The molecule has 2 aromatic carbocycles. The summed E-state index contributed by atoms with van der Waals surface area (Å²) in [6.07, 6.45) is -2.24. The maximum Gasteiger partial charge on any atom is 0.138 e. The van der Waals surface area contributed by atoms with Gasteiger partial charge in [0.15, 0.2) is 0 Å². The smallest absolute Gasteiger partial charge is 0.138 e. The van der Waals surface area contributed by atoms with E-state index < -0.39 is 47.5 Å². The summed E-state index contributed by atoms with van der Waals surface area (Å²) in [6, 6.07) is 15.7. The number of rotatable bonds is 5. The zero-order valence-corrected chi connectivity index (χ0v) is 15.6. The summed E-state index contributed by atoms with van der Waals surface area (Å²) in [6.45, 7) is 1.20. The molecule has 0 spiro atoms. The van der Waals surface area contributed by atoms with Gasteiger partial charge in [0.2, 0.25) is 0 Å². The Balaban J connectivity index is 1.83. The highest BCUT2D eigenvalue weighted by molar-refractivity contribution is 5.55. The fourth-order valence-corrected chi connectivity index (χ4v) is 5.42. The molecule has 6 nitrogen and oxygen atoms in total. The minimum Gasteiger partial charge on any atom is -0.394 e. The van der Waals surface area contributed by atoms with Gasteiger partial charge in [0.1, 0.15) is 22.9 Å². The molecule has 28 heavy (non-hydrogen) atoms. The lowest BCUT2D eigenvalue weighted by Crippen LogP contribution is -2.99. The van der Waals surface area contributed by atoms with E-state index in [9.17, 15) is 30.6 Å². The van der Waals surface area contributed by atoms with Gasteiger partial charge in [-0.3, -0.25) is 0 Å². The van der Waals surface area contributed by atoms with Crippen molar-refractivity contribution in [2.45, 2.75) is 54.2 Å². The molecule has 0 aliphatic heterocycles. The third-order valence-corrected chi connectivity index (χ3v) is 6.88. The van der Waals surface area contributed by atoms with Crippen molar-refractivity contribution in [3.05, 3.63) is 71.3 Å². The van der Waals surface area contributed by atoms with Crippen LogP contribution in [0, 0.1) is 0 Å². The maximum atomic E-state index is 11.5. The van der Waals surface area contributed by atoms with Gasteiger partial charge in [-0.05, 0) is 23.1 Å². The van der Waals surface area contributed by atoms with Crippen LogP contribution in [0.4, 0.5) is 0 Å². The zero-order valence-electron chi connectivity index (χ0n) is 15.6. The minimum absolute atomic E-state index is 0.477. The molecule has 0 bridgehead atoms. The first-order chi connectivity index (χ1) is 13.3. The third kappa shape index (κ3) is 2.03. The second-order valence-electron chi connectivity index (χ2n) is 7.98. The Morgan fingerprint density at radius 1 is 0.929 bits per heavy atom. The highest BCUT2D eigenvalue weighted by Crippen LogP contribution is 2.75. The predicted octanol–water partition coefficient (Wildman–Crippen LogP) is 0.0510. The number of aliphatic hydroxyl groups excluding tert-OH is 3. The molecule has 7 atom stereocenters. The molecule has 2 aliphatic rings. The Bertz CT molecular complexity index is 855. The molecule has 0 saturated heterocycles. The summed E-state index contributed by atoms with van der Waals surface area (Å²) in [5.74, 6) is -2.16. The minimum atomic E-state index is -2.23. The van der Waals surface area contributed by atoms with Crippen molar-refractivity contribution in [1.29, 1.82) is 0 Å². The van der Waals surface area contributed by atoms with Gasteiger partial charge in [0.05, 0.1) is 18.6 Å². The van der Waals surface area contributed by atoms with E-state index in [1.807, 2.05) is 19.1 Å². The molecule has 4 rings (SSSR count). The summed E-state index contributed by atoms with van der Waals surface area (Å²) in [5.41, 5.74) is -4.43. The largest absolute Gasteiger partial charge is 0.394 e. The highest BCUT2D eigenvalue weighted by atomic mass is 16.5. The fraction of sp³-hybridized carbons (Fsp3) is 0.455. The van der Waals surface area contributed by atoms with Gasteiger partial charge in [0, 0.05) is 5.92 Å². The van der Waals surface area contributed by atoms with Crippen LogP contribution >= 0.6 is 0 Å². The highest BCUT2D eigenvalue weighted by Gasteiger charge is 2.93. The summed E-state index contributed by atoms with van der Waals surface area (Å²) in [4.78, 5) is 0. The Hall–Kier alpha value is -1.80. The quantitative estimate of drug-likeness (QED) is 0.432. The number of benzene rings is 2. The second-order valence-corrected chi connectivity index (χ2v) is 7.98. The van der Waals surface area contributed by atoms with Crippen molar-refractivity contribution in [2.75, 3.05) is 6.61 Å². The zero-order chi connectivity index (χ0) is 20.3. The first kappa shape index (κ1) is 19.5. The van der Waals surface area contributed by atoms with Gasteiger partial charge < -0.3 is 30.6 Å². The van der Waals surface area contributed by atoms with Gasteiger partial charge in [-0.1, -0.05) is 61.5 Å². The molecule has 6 N–H and O–H groups in total. The van der Waals surface area contributed by atoms with E-state index in [1.54, 1.807) is 42.5 Å². The van der Waals surface area contributed by atoms with Gasteiger partial charge in [-0.25, -0.2) is 0 Å². The fourth-order valence-electron chi connectivity index (χ4n) is 5.42. The molecule has 0 heterocycles. The summed E-state index contributed by atoms with van der Waals surface area (Å²) < 4.78 is 0. The molecule has 2 saturated carbocycles. The van der Waals surface area contributed by atoms with E-state index in [4.69, 9.17) is 0 Å². The lowest BCUT2D eigenvalue weighted by atomic mass is 9.30. The Morgan fingerprint density at radius 2 is 1.54 bits per heavy atom. The standard InChI is InChI=1S/C22H26O6/c1-2-13-8-10-15(11-9-13)18-20(26,16(24)12-23)22(28)17(19(25)21(18,22)27)14-6-4-3-5-7-14/h3-11,16-19,23-28H,2,12H2,1H3/t16-,17?,18?,19?,20+,21+,22+/m1/s1. The Morgan fingerprint density at radius 3 is 2.07 bits per heavy atom. The molecule has 150 valence electrons. The molecule has 0 radical (unpaired) electrons. The third-order valence-electron chi connectivity index (χ3n) is 6.88. The van der Waals surface area contributed by atoms with Gasteiger partial charge in [-0.15, -0.1) is 0 Å². The van der Waals surface area contributed by atoms with Crippen LogP contribution in [0.5, 0.6) is 0 Å². The summed E-state index contributed by atoms with van der Waals surface area (Å²) >= 11 is 0. The maximum absolute atomic E-state index is 11.5. The molecule has 6 heteroatoms. The van der Waals surface area contributed by atoms with Crippen LogP contribution in [0.1, 0.15) is 35.4 Å². The molecule has 3 unspecified atom stereocenters. The Kier molecular flexibility index (Phi) is 4.43. The number of aliphatic hydroxyl groups is 6. The van der Waals surface area contributed by atoms with E-state index in [1.165, 1.54) is 0 Å². The second kappa shape index (κ2) is 6.35. The first-order valence-corrected chi connectivity index (χ1v) is 9.56. The number of fused-ring (bicyclic) bond motifs is 1. The van der Waals surface area contributed by atoms with Crippen molar-refractivity contribution in [1.82, 2.24) is 0 Å². The van der Waals surface area contributed by atoms with E-state index >= 15 is 0 Å². The number of hydrogen-bond acceptors (Lipinski definition) is 6. The molecular weight excluding hydrogens is 360 g/mol. The van der Waals surface area contributed by atoms with Gasteiger partial charge in [-0.2, -0.15) is 0 Å². The van der Waals surface area contributed by atoms with Crippen molar-refractivity contribution in [3.8, 4) is 0 Å².